The van der Waals surface area contributed by atoms with Crippen LogP contribution in [0.1, 0.15) is 27.7 Å². The first-order valence-corrected chi connectivity index (χ1v) is 18.7. The van der Waals surface area contributed by atoms with Gasteiger partial charge in [-0.1, -0.05) is 52.5 Å². The third kappa shape index (κ3) is 7.01. The highest BCUT2D eigenvalue weighted by Gasteiger charge is 2.42. The Morgan fingerprint density at radius 3 is 2.07 bits per heavy atom. The molecule has 0 spiro atoms. The zero-order valence-electron chi connectivity index (χ0n) is 25.7. The maximum atomic E-state index is 14.4. The van der Waals surface area contributed by atoms with Crippen LogP contribution in [0.4, 0.5) is 5.95 Å². The summed E-state index contributed by atoms with van der Waals surface area (Å²) in [4.78, 5) is 4.55. The Bertz CT molecular complexity index is 1430. The molecule has 2 heterocycles. The molecule has 0 aliphatic rings. The largest absolute Gasteiger partial charge is 0.494 e. The van der Waals surface area contributed by atoms with E-state index in [9.17, 15) is 13.5 Å². The molecule has 0 aliphatic carbocycles. The minimum atomic E-state index is -4.15. The summed E-state index contributed by atoms with van der Waals surface area (Å²) < 4.78 is 48.4. The molecular formula is C28H43N5O6SSi. The molecule has 1 N–H and O–H groups in total. The van der Waals surface area contributed by atoms with E-state index in [0.717, 1.165) is 0 Å². The van der Waals surface area contributed by atoms with Gasteiger partial charge in [0.25, 0.3) is 0 Å². The number of hydrogen-bond donors (Lipinski definition) is 1. The fourth-order valence-electron chi connectivity index (χ4n) is 4.36. The van der Waals surface area contributed by atoms with Crippen molar-refractivity contribution in [3.63, 3.8) is 0 Å². The van der Waals surface area contributed by atoms with Gasteiger partial charge in [0.15, 0.2) is 5.82 Å². The Kier molecular flexibility index (Phi) is 9.76. The molecule has 3 rings (SSSR count). The monoisotopic (exact) mass is 605 g/mol. The van der Waals surface area contributed by atoms with Gasteiger partial charge in [0.2, 0.25) is 21.9 Å². The molecule has 2 aromatic heterocycles. The minimum absolute atomic E-state index is 0.0404. The SMILES string of the molecule is COc1cccc(-c2nnc(N(CC[Si](C)(C)C)S(=O)(=O)[C@@H](C)[C@H](O)C(C)(C)C)n2-c2c(OC)cccc2OC)n1. The fraction of sp³-hybridized carbons (Fsp3) is 0.536. The van der Waals surface area contributed by atoms with Crippen LogP contribution in [-0.4, -0.2) is 80.6 Å². The number of rotatable bonds is 12. The lowest BCUT2D eigenvalue weighted by Crippen LogP contribution is -2.49. The summed E-state index contributed by atoms with van der Waals surface area (Å²) in [6, 6.07) is 11.1. The van der Waals surface area contributed by atoms with Gasteiger partial charge in [0, 0.05) is 20.7 Å². The van der Waals surface area contributed by atoms with E-state index < -0.39 is 34.9 Å². The van der Waals surface area contributed by atoms with Crippen LogP contribution in [0.15, 0.2) is 36.4 Å². The number of para-hydroxylation sites is 1. The van der Waals surface area contributed by atoms with Crippen LogP contribution in [0, 0.1) is 5.41 Å². The van der Waals surface area contributed by atoms with Crippen molar-refractivity contribution in [2.75, 3.05) is 32.2 Å². The van der Waals surface area contributed by atoms with Gasteiger partial charge >= 0.3 is 0 Å². The first-order valence-electron chi connectivity index (χ1n) is 13.4. The maximum Gasteiger partial charge on any atom is 0.246 e. The zero-order valence-corrected chi connectivity index (χ0v) is 27.5. The molecule has 0 fully saturated rings. The summed E-state index contributed by atoms with van der Waals surface area (Å²) in [5.74, 6) is 1.49. The van der Waals surface area contributed by atoms with Crippen molar-refractivity contribution in [3.05, 3.63) is 36.4 Å². The van der Waals surface area contributed by atoms with Crippen molar-refractivity contribution in [2.45, 2.75) is 64.7 Å². The predicted octanol–water partition coefficient (Wildman–Crippen LogP) is 4.63. The van der Waals surface area contributed by atoms with Gasteiger partial charge in [-0.3, -0.25) is 4.57 Å². The summed E-state index contributed by atoms with van der Waals surface area (Å²) in [5, 5.41) is 18.9. The lowest BCUT2D eigenvalue weighted by Gasteiger charge is -2.35. The van der Waals surface area contributed by atoms with Gasteiger partial charge in [0.05, 0.1) is 27.4 Å². The molecule has 2 atom stereocenters. The Morgan fingerprint density at radius 1 is 0.976 bits per heavy atom. The van der Waals surface area contributed by atoms with Crippen LogP contribution in [-0.2, 0) is 10.0 Å². The predicted molar refractivity (Wildman–Crippen MR) is 164 cm³/mol. The average molecular weight is 606 g/mol. The summed E-state index contributed by atoms with van der Waals surface area (Å²) in [6.07, 6.45) is -1.14. The molecule has 3 aromatic rings. The molecular weight excluding hydrogens is 562 g/mol. The Balaban J connectivity index is 2.41. The normalized spacial score (nSPS) is 13.9. The molecule has 0 amide bonds. The second kappa shape index (κ2) is 12.4. The Hall–Kier alpha value is -3.16. The number of ether oxygens (including phenoxy) is 3. The van der Waals surface area contributed by atoms with E-state index in [4.69, 9.17) is 14.2 Å². The lowest BCUT2D eigenvalue weighted by atomic mass is 9.87. The van der Waals surface area contributed by atoms with E-state index in [0.29, 0.717) is 34.8 Å². The molecule has 0 radical (unpaired) electrons. The topological polar surface area (TPSA) is 129 Å². The van der Waals surface area contributed by atoms with Crippen LogP contribution in [0.2, 0.25) is 25.7 Å². The Labute approximate surface area is 244 Å². The number of nitrogens with zero attached hydrogens (tertiary/aromatic N) is 5. The van der Waals surface area contributed by atoms with E-state index in [1.54, 1.807) is 41.0 Å². The molecule has 1 aromatic carbocycles. The maximum absolute atomic E-state index is 14.4. The third-order valence-electron chi connectivity index (χ3n) is 6.83. The summed E-state index contributed by atoms with van der Waals surface area (Å²) >= 11 is 0. The number of benzene rings is 1. The van der Waals surface area contributed by atoms with Crippen molar-refractivity contribution in [1.29, 1.82) is 0 Å². The average Bonchev–Trinajstić information content (AvgIpc) is 3.34. The van der Waals surface area contributed by atoms with Crippen molar-refractivity contribution >= 4 is 24.0 Å². The molecule has 0 saturated carbocycles. The number of methoxy groups -OCH3 is 3. The van der Waals surface area contributed by atoms with Gasteiger partial charge in [-0.15, -0.1) is 10.2 Å². The van der Waals surface area contributed by atoms with E-state index >= 15 is 0 Å². The summed E-state index contributed by atoms with van der Waals surface area (Å²) in [7, 11) is -1.34. The fourth-order valence-corrected chi connectivity index (χ4v) is 7.24. The van der Waals surface area contributed by atoms with Gasteiger partial charge in [-0.05, 0) is 36.6 Å². The van der Waals surface area contributed by atoms with Crippen molar-refractivity contribution in [3.8, 4) is 34.6 Å². The number of aliphatic hydroxyl groups excluding tert-OH is 1. The lowest BCUT2D eigenvalue weighted by molar-refractivity contribution is 0.0625. The van der Waals surface area contributed by atoms with E-state index in [1.807, 2.05) is 20.8 Å². The van der Waals surface area contributed by atoms with Crippen molar-refractivity contribution in [1.82, 2.24) is 19.7 Å². The van der Waals surface area contributed by atoms with Gasteiger partial charge < -0.3 is 19.3 Å². The minimum Gasteiger partial charge on any atom is -0.494 e. The van der Waals surface area contributed by atoms with Gasteiger partial charge in [-0.2, -0.15) is 0 Å². The summed E-state index contributed by atoms with van der Waals surface area (Å²) in [6.45, 7) is 13.6. The van der Waals surface area contributed by atoms with E-state index in [1.165, 1.54) is 32.6 Å². The second-order valence-corrected chi connectivity index (χ2v) is 20.0. The van der Waals surface area contributed by atoms with E-state index in [-0.39, 0.29) is 18.3 Å². The van der Waals surface area contributed by atoms with E-state index in [2.05, 4.69) is 34.8 Å². The second-order valence-electron chi connectivity index (χ2n) is 12.2. The number of anilines is 1. The molecule has 226 valence electrons. The molecule has 11 nitrogen and oxygen atoms in total. The smallest absolute Gasteiger partial charge is 0.246 e. The molecule has 41 heavy (non-hydrogen) atoms. The van der Waals surface area contributed by atoms with Gasteiger partial charge in [-0.25, -0.2) is 17.7 Å². The zero-order chi connectivity index (χ0) is 30.8. The molecule has 0 aliphatic heterocycles. The van der Waals surface area contributed by atoms with Crippen LogP contribution in [0.25, 0.3) is 17.2 Å². The number of pyridine rings is 1. The first kappa shape index (κ1) is 32.4. The first-order chi connectivity index (χ1) is 19.1. The van der Waals surface area contributed by atoms with Gasteiger partial charge in [0.1, 0.15) is 28.1 Å². The Morgan fingerprint density at radius 2 is 1.56 bits per heavy atom. The third-order valence-corrected chi connectivity index (χ3v) is 10.7. The quantitative estimate of drug-likeness (QED) is 0.294. The number of aromatic nitrogens is 4. The summed E-state index contributed by atoms with van der Waals surface area (Å²) in [5.41, 5.74) is 0.141. The number of sulfonamides is 1. The molecule has 0 bridgehead atoms. The highest BCUT2D eigenvalue weighted by Crippen LogP contribution is 2.40. The number of hydrogen-bond acceptors (Lipinski definition) is 9. The molecule has 0 saturated heterocycles. The highest BCUT2D eigenvalue weighted by molar-refractivity contribution is 7.93. The number of aliphatic hydroxyl groups is 1. The highest BCUT2D eigenvalue weighted by atomic mass is 32.2. The van der Waals surface area contributed by atoms with Crippen LogP contribution < -0.4 is 18.5 Å². The van der Waals surface area contributed by atoms with Crippen LogP contribution >= 0.6 is 0 Å². The van der Waals surface area contributed by atoms with Crippen molar-refractivity contribution < 1.29 is 27.7 Å². The standard InChI is InChI=1S/C28H43N5O6SSi/c1-19(25(34)28(2,3)4)40(35,36)32(17-18-41(8,9)10)27-31-30-26(20-13-11-16-23(29-20)39-7)33(27)24-21(37-5)14-12-15-22(24)38-6/h11-16,19,25,34H,17-18H2,1-10H3/t19-,25-/m0/s1. The van der Waals surface area contributed by atoms with Crippen LogP contribution in [0.5, 0.6) is 17.4 Å². The molecule has 0 unspecified atom stereocenters. The van der Waals surface area contributed by atoms with Crippen molar-refractivity contribution in [2.24, 2.45) is 5.41 Å². The molecule has 13 heteroatoms. The van der Waals surface area contributed by atoms with Crippen LogP contribution in [0.3, 0.4) is 0 Å².